The highest BCUT2D eigenvalue weighted by Gasteiger charge is 2.37. The lowest BCUT2D eigenvalue weighted by Gasteiger charge is -2.20. The first-order valence-electron chi connectivity index (χ1n) is 10.3. The number of benzene rings is 2. The van der Waals surface area contributed by atoms with Crippen LogP contribution in [0.5, 0.6) is 5.75 Å². The molecule has 1 saturated heterocycles. The lowest BCUT2D eigenvalue weighted by molar-refractivity contribution is -0.152. The van der Waals surface area contributed by atoms with Gasteiger partial charge in [-0.25, -0.2) is 0 Å². The molecule has 0 aromatic heterocycles. The van der Waals surface area contributed by atoms with E-state index in [1.54, 1.807) is 11.0 Å². The van der Waals surface area contributed by atoms with Gasteiger partial charge >= 0.3 is 5.97 Å². The SMILES string of the molecule is COc1ccc(C)cc1N1C[C@@H](C(=O)OCC(=O)NCCc2ccccc2C)CC1=O. The molecule has 2 aromatic rings. The molecule has 1 aliphatic rings. The predicted molar refractivity (Wildman–Crippen MR) is 117 cm³/mol. The highest BCUT2D eigenvalue weighted by atomic mass is 16.5. The molecule has 0 saturated carbocycles. The second kappa shape index (κ2) is 10.1. The van der Waals surface area contributed by atoms with Gasteiger partial charge in [0.1, 0.15) is 5.75 Å². The van der Waals surface area contributed by atoms with E-state index in [-0.39, 0.29) is 31.4 Å². The summed E-state index contributed by atoms with van der Waals surface area (Å²) in [5, 5.41) is 2.76. The molecule has 1 N–H and O–H groups in total. The van der Waals surface area contributed by atoms with Gasteiger partial charge in [-0.2, -0.15) is 0 Å². The minimum Gasteiger partial charge on any atom is -0.495 e. The number of amides is 2. The molecule has 0 bridgehead atoms. The Bertz CT molecular complexity index is 972. The summed E-state index contributed by atoms with van der Waals surface area (Å²) in [7, 11) is 1.54. The van der Waals surface area contributed by atoms with Crippen LogP contribution in [0.4, 0.5) is 5.69 Å². The largest absolute Gasteiger partial charge is 0.495 e. The zero-order valence-electron chi connectivity index (χ0n) is 18.1. The summed E-state index contributed by atoms with van der Waals surface area (Å²) in [5.74, 6) is -1.12. The molecule has 1 atom stereocenters. The number of nitrogens with zero attached hydrogens (tertiary/aromatic N) is 1. The number of ether oxygens (including phenoxy) is 2. The van der Waals surface area contributed by atoms with Gasteiger partial charge in [0.25, 0.3) is 5.91 Å². The molecule has 1 fully saturated rings. The Morgan fingerprint density at radius 1 is 1.16 bits per heavy atom. The summed E-state index contributed by atoms with van der Waals surface area (Å²) in [4.78, 5) is 38.5. The van der Waals surface area contributed by atoms with Gasteiger partial charge in [-0.1, -0.05) is 30.3 Å². The third-order valence-corrected chi connectivity index (χ3v) is 5.41. The van der Waals surface area contributed by atoms with Crippen LogP contribution in [0, 0.1) is 19.8 Å². The van der Waals surface area contributed by atoms with Crippen molar-refractivity contribution in [3.8, 4) is 5.75 Å². The number of hydrogen-bond donors (Lipinski definition) is 1. The van der Waals surface area contributed by atoms with Gasteiger partial charge in [-0.05, 0) is 49.1 Å². The maximum absolute atomic E-state index is 12.5. The molecule has 164 valence electrons. The van der Waals surface area contributed by atoms with Gasteiger partial charge < -0.3 is 19.7 Å². The zero-order chi connectivity index (χ0) is 22.4. The van der Waals surface area contributed by atoms with Gasteiger partial charge in [0, 0.05) is 19.5 Å². The number of anilines is 1. The van der Waals surface area contributed by atoms with Gasteiger partial charge in [-0.15, -0.1) is 0 Å². The molecule has 31 heavy (non-hydrogen) atoms. The first-order chi connectivity index (χ1) is 14.9. The van der Waals surface area contributed by atoms with E-state index < -0.39 is 11.9 Å². The maximum Gasteiger partial charge on any atom is 0.311 e. The fraction of sp³-hybridized carbons (Fsp3) is 0.375. The fourth-order valence-corrected chi connectivity index (χ4v) is 3.64. The quantitative estimate of drug-likeness (QED) is 0.659. The van der Waals surface area contributed by atoms with E-state index in [2.05, 4.69) is 5.32 Å². The predicted octanol–water partition coefficient (Wildman–Crippen LogP) is 2.57. The van der Waals surface area contributed by atoms with Crippen LogP contribution in [0.2, 0.25) is 0 Å². The third-order valence-electron chi connectivity index (χ3n) is 5.41. The van der Waals surface area contributed by atoms with Crippen molar-refractivity contribution in [1.29, 1.82) is 0 Å². The molecule has 0 unspecified atom stereocenters. The number of nitrogens with one attached hydrogen (secondary N) is 1. The average Bonchev–Trinajstić information content (AvgIpc) is 3.15. The van der Waals surface area contributed by atoms with Crippen molar-refractivity contribution < 1.29 is 23.9 Å². The molecule has 0 radical (unpaired) electrons. The molecule has 2 amide bonds. The molecular weight excluding hydrogens is 396 g/mol. The molecule has 3 rings (SSSR count). The Kier molecular flexibility index (Phi) is 7.28. The van der Waals surface area contributed by atoms with Crippen LogP contribution >= 0.6 is 0 Å². The molecular formula is C24H28N2O5. The lowest BCUT2D eigenvalue weighted by Crippen LogP contribution is -2.32. The van der Waals surface area contributed by atoms with Crippen LogP contribution < -0.4 is 15.0 Å². The number of hydrogen-bond acceptors (Lipinski definition) is 5. The van der Waals surface area contributed by atoms with E-state index in [1.165, 1.54) is 12.7 Å². The Morgan fingerprint density at radius 2 is 1.94 bits per heavy atom. The van der Waals surface area contributed by atoms with Crippen LogP contribution in [0.15, 0.2) is 42.5 Å². The van der Waals surface area contributed by atoms with Crippen molar-refractivity contribution in [2.75, 3.05) is 31.7 Å². The summed E-state index contributed by atoms with van der Waals surface area (Å²) in [5.41, 5.74) is 3.95. The monoisotopic (exact) mass is 424 g/mol. The smallest absolute Gasteiger partial charge is 0.311 e. The number of aryl methyl sites for hydroxylation is 2. The summed E-state index contributed by atoms with van der Waals surface area (Å²) in [6, 6.07) is 13.5. The molecule has 1 heterocycles. The summed E-state index contributed by atoms with van der Waals surface area (Å²) in [6.07, 6.45) is 0.752. The van der Waals surface area contributed by atoms with Crippen LogP contribution in [0.25, 0.3) is 0 Å². The second-order valence-corrected chi connectivity index (χ2v) is 7.71. The molecule has 7 nitrogen and oxygen atoms in total. The second-order valence-electron chi connectivity index (χ2n) is 7.71. The Morgan fingerprint density at radius 3 is 2.68 bits per heavy atom. The molecule has 7 heteroatoms. The Labute approximate surface area is 182 Å². The summed E-state index contributed by atoms with van der Waals surface area (Å²) < 4.78 is 10.5. The third kappa shape index (κ3) is 5.63. The van der Waals surface area contributed by atoms with Crippen molar-refractivity contribution in [3.05, 3.63) is 59.2 Å². The average molecular weight is 424 g/mol. The normalized spacial score (nSPS) is 15.6. The molecule has 1 aliphatic heterocycles. The van der Waals surface area contributed by atoms with Crippen molar-refractivity contribution >= 4 is 23.5 Å². The Hall–Kier alpha value is -3.35. The van der Waals surface area contributed by atoms with Crippen molar-refractivity contribution in [1.82, 2.24) is 5.32 Å². The first kappa shape index (κ1) is 22.3. The van der Waals surface area contributed by atoms with E-state index in [1.807, 2.05) is 50.2 Å². The van der Waals surface area contributed by atoms with E-state index in [0.717, 1.165) is 11.1 Å². The van der Waals surface area contributed by atoms with Gasteiger partial charge in [0.05, 0.1) is 18.7 Å². The summed E-state index contributed by atoms with van der Waals surface area (Å²) in [6.45, 7) is 4.26. The molecule has 0 spiro atoms. The molecule has 2 aromatic carbocycles. The van der Waals surface area contributed by atoms with E-state index in [0.29, 0.717) is 24.4 Å². The Balaban J connectivity index is 1.48. The van der Waals surface area contributed by atoms with E-state index in [4.69, 9.17) is 9.47 Å². The fourth-order valence-electron chi connectivity index (χ4n) is 3.64. The van der Waals surface area contributed by atoms with Gasteiger partial charge in [0.15, 0.2) is 6.61 Å². The van der Waals surface area contributed by atoms with Crippen LogP contribution in [0.1, 0.15) is 23.1 Å². The first-order valence-corrected chi connectivity index (χ1v) is 10.3. The minimum absolute atomic E-state index is 0.0465. The number of methoxy groups -OCH3 is 1. The number of carbonyl (C=O) groups excluding carboxylic acids is 3. The van der Waals surface area contributed by atoms with Crippen molar-refractivity contribution in [3.63, 3.8) is 0 Å². The highest BCUT2D eigenvalue weighted by Crippen LogP contribution is 2.34. The number of carbonyl (C=O) groups is 3. The van der Waals surface area contributed by atoms with Gasteiger partial charge in [0.2, 0.25) is 5.91 Å². The minimum atomic E-state index is -0.613. The number of esters is 1. The lowest BCUT2D eigenvalue weighted by atomic mass is 10.1. The van der Waals surface area contributed by atoms with Crippen molar-refractivity contribution in [2.24, 2.45) is 5.92 Å². The van der Waals surface area contributed by atoms with E-state index in [9.17, 15) is 14.4 Å². The van der Waals surface area contributed by atoms with Gasteiger partial charge in [-0.3, -0.25) is 14.4 Å². The highest BCUT2D eigenvalue weighted by molar-refractivity contribution is 6.00. The zero-order valence-corrected chi connectivity index (χ0v) is 18.1. The van der Waals surface area contributed by atoms with Crippen LogP contribution in [-0.4, -0.2) is 44.6 Å². The van der Waals surface area contributed by atoms with E-state index >= 15 is 0 Å². The molecule has 0 aliphatic carbocycles. The number of rotatable bonds is 8. The summed E-state index contributed by atoms with van der Waals surface area (Å²) >= 11 is 0. The standard InChI is InChI=1S/C24H28N2O5/c1-16-8-9-21(30-3)20(12-16)26-14-19(13-23(26)28)24(29)31-15-22(27)25-11-10-18-7-5-4-6-17(18)2/h4-9,12,19H,10-11,13-15H2,1-3H3,(H,25,27)/t19-/m0/s1. The van der Waals surface area contributed by atoms with Crippen LogP contribution in [0.3, 0.4) is 0 Å². The van der Waals surface area contributed by atoms with Crippen molar-refractivity contribution in [2.45, 2.75) is 26.7 Å². The van der Waals surface area contributed by atoms with Crippen LogP contribution in [-0.2, 0) is 25.5 Å². The maximum atomic E-state index is 12.5. The topological polar surface area (TPSA) is 84.9 Å².